The van der Waals surface area contributed by atoms with Crippen LogP contribution in [-0.2, 0) is 17.8 Å². The summed E-state index contributed by atoms with van der Waals surface area (Å²) in [6, 6.07) is 16.3. The lowest BCUT2D eigenvalue weighted by Gasteiger charge is -2.26. The van der Waals surface area contributed by atoms with E-state index in [1.54, 1.807) is 0 Å². The Morgan fingerprint density at radius 3 is 2.82 bits per heavy atom. The topological polar surface area (TPSA) is 27.7 Å². The minimum Gasteiger partial charge on any atom is -0.489 e. The molecule has 0 fully saturated rings. The Kier molecular flexibility index (Phi) is 4.96. The van der Waals surface area contributed by atoms with Gasteiger partial charge in [0.2, 0.25) is 0 Å². The van der Waals surface area contributed by atoms with Crippen LogP contribution >= 0.6 is 0 Å². The molecule has 0 saturated heterocycles. The van der Waals surface area contributed by atoms with Crippen molar-refractivity contribution in [3.8, 4) is 11.5 Å². The van der Waals surface area contributed by atoms with Gasteiger partial charge in [-0.2, -0.15) is 0 Å². The zero-order valence-corrected chi connectivity index (χ0v) is 13.0. The van der Waals surface area contributed by atoms with Crippen LogP contribution in [0.5, 0.6) is 11.5 Å². The molecule has 22 heavy (non-hydrogen) atoms. The van der Waals surface area contributed by atoms with Crippen LogP contribution in [0, 0.1) is 0 Å². The molecule has 2 aromatic carbocycles. The van der Waals surface area contributed by atoms with Crippen molar-refractivity contribution in [3.05, 3.63) is 59.7 Å². The standard InChI is InChI=1S/C19H22O3/c1-2-20-14-18-11-9-16-8-10-17(12-19(16)22-18)21-13-15-6-4-3-5-7-15/h3-8,10,12,18H,2,9,11,13-14H2,1H3/t18-/m0/s1. The van der Waals surface area contributed by atoms with Crippen LogP contribution in [0.1, 0.15) is 24.5 Å². The van der Waals surface area contributed by atoms with Crippen LogP contribution < -0.4 is 9.47 Å². The number of hydrogen-bond donors (Lipinski definition) is 0. The predicted octanol–water partition coefficient (Wildman–Crippen LogP) is 4.00. The highest BCUT2D eigenvalue weighted by molar-refractivity contribution is 5.42. The maximum Gasteiger partial charge on any atom is 0.126 e. The van der Waals surface area contributed by atoms with E-state index >= 15 is 0 Å². The lowest BCUT2D eigenvalue weighted by atomic mass is 10.0. The Hall–Kier alpha value is -2.00. The average Bonchev–Trinajstić information content (AvgIpc) is 2.58. The first-order valence-corrected chi connectivity index (χ1v) is 7.89. The van der Waals surface area contributed by atoms with E-state index in [1.165, 1.54) is 5.56 Å². The third-order valence-electron chi connectivity index (χ3n) is 3.82. The van der Waals surface area contributed by atoms with Crippen molar-refractivity contribution < 1.29 is 14.2 Å². The van der Waals surface area contributed by atoms with E-state index in [9.17, 15) is 0 Å². The lowest BCUT2D eigenvalue weighted by Crippen LogP contribution is -2.27. The Labute approximate surface area is 131 Å². The normalized spacial score (nSPS) is 16.7. The van der Waals surface area contributed by atoms with Gasteiger partial charge in [0.25, 0.3) is 0 Å². The highest BCUT2D eigenvalue weighted by atomic mass is 16.5. The predicted molar refractivity (Wildman–Crippen MR) is 86.4 cm³/mol. The summed E-state index contributed by atoms with van der Waals surface area (Å²) < 4.78 is 17.4. The van der Waals surface area contributed by atoms with Crippen molar-refractivity contribution in [2.45, 2.75) is 32.5 Å². The fraction of sp³-hybridized carbons (Fsp3) is 0.368. The van der Waals surface area contributed by atoms with Gasteiger partial charge in [0.15, 0.2) is 0 Å². The van der Waals surface area contributed by atoms with E-state index < -0.39 is 0 Å². The highest BCUT2D eigenvalue weighted by Gasteiger charge is 2.20. The van der Waals surface area contributed by atoms with E-state index in [-0.39, 0.29) is 6.10 Å². The molecule has 1 aliphatic rings. The molecule has 1 aliphatic heterocycles. The number of benzene rings is 2. The molecule has 3 heteroatoms. The quantitative estimate of drug-likeness (QED) is 0.807. The molecule has 0 aliphatic carbocycles. The minimum atomic E-state index is 0.150. The number of hydrogen-bond acceptors (Lipinski definition) is 3. The van der Waals surface area contributed by atoms with Crippen LogP contribution in [-0.4, -0.2) is 19.3 Å². The van der Waals surface area contributed by atoms with Gasteiger partial charge in [0.1, 0.15) is 24.2 Å². The molecular weight excluding hydrogens is 276 g/mol. The van der Waals surface area contributed by atoms with Crippen molar-refractivity contribution in [2.75, 3.05) is 13.2 Å². The number of ether oxygens (including phenoxy) is 3. The fourth-order valence-corrected chi connectivity index (χ4v) is 2.60. The second-order valence-electron chi connectivity index (χ2n) is 5.48. The monoisotopic (exact) mass is 298 g/mol. The van der Waals surface area contributed by atoms with Gasteiger partial charge >= 0.3 is 0 Å². The zero-order chi connectivity index (χ0) is 15.2. The summed E-state index contributed by atoms with van der Waals surface area (Å²) in [6.07, 6.45) is 2.19. The van der Waals surface area contributed by atoms with Crippen molar-refractivity contribution in [1.29, 1.82) is 0 Å². The largest absolute Gasteiger partial charge is 0.489 e. The molecule has 0 unspecified atom stereocenters. The fourth-order valence-electron chi connectivity index (χ4n) is 2.60. The van der Waals surface area contributed by atoms with Crippen LogP contribution in [0.2, 0.25) is 0 Å². The summed E-state index contributed by atoms with van der Waals surface area (Å²) in [6.45, 7) is 3.96. The van der Waals surface area contributed by atoms with Gasteiger partial charge in [0.05, 0.1) is 6.61 Å². The third kappa shape index (κ3) is 3.80. The Bertz CT molecular complexity index is 595. The highest BCUT2D eigenvalue weighted by Crippen LogP contribution is 2.31. The Morgan fingerprint density at radius 2 is 2.00 bits per heavy atom. The summed E-state index contributed by atoms with van der Waals surface area (Å²) in [4.78, 5) is 0. The Balaban J connectivity index is 1.63. The van der Waals surface area contributed by atoms with Gasteiger partial charge in [-0.25, -0.2) is 0 Å². The average molecular weight is 298 g/mol. The SMILES string of the molecule is CCOC[C@@H]1CCc2ccc(OCc3ccccc3)cc2O1. The summed E-state index contributed by atoms with van der Waals surface area (Å²) >= 11 is 0. The van der Waals surface area contributed by atoms with Gasteiger partial charge in [-0.15, -0.1) is 0 Å². The van der Waals surface area contributed by atoms with Crippen molar-refractivity contribution in [1.82, 2.24) is 0 Å². The smallest absolute Gasteiger partial charge is 0.126 e. The maximum atomic E-state index is 6.02. The van der Waals surface area contributed by atoms with E-state index in [1.807, 2.05) is 37.3 Å². The molecule has 0 N–H and O–H groups in total. The summed E-state index contributed by atoms with van der Waals surface area (Å²) in [7, 11) is 0. The third-order valence-corrected chi connectivity index (χ3v) is 3.82. The lowest BCUT2D eigenvalue weighted by molar-refractivity contribution is 0.0456. The van der Waals surface area contributed by atoms with Crippen LogP contribution in [0.25, 0.3) is 0 Å². The number of fused-ring (bicyclic) bond motifs is 1. The summed E-state index contributed by atoms with van der Waals surface area (Å²) in [5.41, 5.74) is 2.41. The molecule has 3 rings (SSSR count). The summed E-state index contributed by atoms with van der Waals surface area (Å²) in [5, 5.41) is 0. The van der Waals surface area contributed by atoms with Crippen LogP contribution in [0.3, 0.4) is 0 Å². The second-order valence-corrected chi connectivity index (χ2v) is 5.48. The minimum absolute atomic E-state index is 0.150. The molecular formula is C19H22O3. The van der Waals surface area contributed by atoms with E-state index in [4.69, 9.17) is 14.2 Å². The van der Waals surface area contributed by atoms with Gasteiger partial charge < -0.3 is 14.2 Å². The summed E-state index contributed by atoms with van der Waals surface area (Å²) in [5.74, 6) is 1.78. The van der Waals surface area contributed by atoms with E-state index in [0.29, 0.717) is 13.2 Å². The molecule has 2 aromatic rings. The molecule has 0 bridgehead atoms. The Morgan fingerprint density at radius 1 is 1.14 bits per heavy atom. The molecule has 0 amide bonds. The molecule has 0 spiro atoms. The molecule has 1 heterocycles. The second kappa shape index (κ2) is 7.32. The van der Waals surface area contributed by atoms with Crippen molar-refractivity contribution >= 4 is 0 Å². The van der Waals surface area contributed by atoms with Gasteiger partial charge in [0, 0.05) is 12.7 Å². The molecule has 0 aromatic heterocycles. The van der Waals surface area contributed by atoms with Crippen LogP contribution in [0.15, 0.2) is 48.5 Å². The number of aryl methyl sites for hydroxylation is 1. The molecule has 1 atom stereocenters. The number of rotatable bonds is 6. The molecule has 0 radical (unpaired) electrons. The maximum absolute atomic E-state index is 6.02. The first-order valence-electron chi connectivity index (χ1n) is 7.89. The van der Waals surface area contributed by atoms with E-state index in [0.717, 1.165) is 36.5 Å². The molecule has 3 nitrogen and oxygen atoms in total. The van der Waals surface area contributed by atoms with Gasteiger partial charge in [-0.3, -0.25) is 0 Å². The van der Waals surface area contributed by atoms with Gasteiger partial charge in [-0.05, 0) is 37.0 Å². The van der Waals surface area contributed by atoms with Crippen molar-refractivity contribution in [2.24, 2.45) is 0 Å². The van der Waals surface area contributed by atoms with Crippen molar-refractivity contribution in [3.63, 3.8) is 0 Å². The van der Waals surface area contributed by atoms with Crippen LogP contribution in [0.4, 0.5) is 0 Å². The zero-order valence-electron chi connectivity index (χ0n) is 13.0. The van der Waals surface area contributed by atoms with E-state index in [2.05, 4.69) is 18.2 Å². The molecule has 116 valence electrons. The van der Waals surface area contributed by atoms with Gasteiger partial charge in [-0.1, -0.05) is 36.4 Å². The molecule has 0 saturated carbocycles. The first kappa shape index (κ1) is 14.9. The first-order chi connectivity index (χ1) is 10.8.